The van der Waals surface area contributed by atoms with Gasteiger partial charge in [-0.25, -0.2) is 4.98 Å². The van der Waals surface area contributed by atoms with Gasteiger partial charge in [0.05, 0.1) is 6.10 Å². The van der Waals surface area contributed by atoms with Gasteiger partial charge in [-0.05, 0) is 31.5 Å². The molecule has 0 radical (unpaired) electrons. The van der Waals surface area contributed by atoms with E-state index in [1.807, 2.05) is 13.2 Å². The first-order valence-corrected chi connectivity index (χ1v) is 6.20. The van der Waals surface area contributed by atoms with Crippen LogP contribution in [0, 0.1) is 0 Å². The molecule has 0 unspecified atom stereocenters. The van der Waals surface area contributed by atoms with Gasteiger partial charge < -0.3 is 15.0 Å². The maximum atomic E-state index is 5.37. The number of piperidine rings is 1. The van der Waals surface area contributed by atoms with Crippen molar-refractivity contribution in [1.29, 1.82) is 0 Å². The number of nitrogens with one attached hydrogen (secondary N) is 1. The molecule has 1 aliphatic rings. The minimum atomic E-state index is 0.426. The molecule has 0 atom stereocenters. The second kappa shape index (κ2) is 5.98. The molecule has 1 N–H and O–H groups in total. The number of methoxy groups -OCH3 is 1. The van der Waals surface area contributed by atoms with Crippen LogP contribution >= 0.6 is 0 Å². The van der Waals surface area contributed by atoms with Crippen molar-refractivity contribution in [2.45, 2.75) is 25.5 Å². The van der Waals surface area contributed by atoms with Crippen molar-refractivity contribution in [3.8, 4) is 0 Å². The zero-order valence-electron chi connectivity index (χ0n) is 10.6. The zero-order chi connectivity index (χ0) is 12.1. The Bertz CT molecular complexity index is 331. The lowest BCUT2D eigenvalue weighted by Crippen LogP contribution is -2.37. The second-order valence-corrected chi connectivity index (χ2v) is 4.48. The molecule has 1 saturated heterocycles. The molecule has 0 spiro atoms. The van der Waals surface area contributed by atoms with E-state index < -0.39 is 0 Å². The number of pyridine rings is 1. The van der Waals surface area contributed by atoms with Crippen LogP contribution in [0.3, 0.4) is 0 Å². The van der Waals surface area contributed by atoms with Crippen molar-refractivity contribution >= 4 is 5.82 Å². The van der Waals surface area contributed by atoms with Crippen LogP contribution in [-0.4, -0.2) is 38.3 Å². The smallest absolute Gasteiger partial charge is 0.128 e. The Morgan fingerprint density at radius 1 is 1.41 bits per heavy atom. The van der Waals surface area contributed by atoms with Crippen LogP contribution in [-0.2, 0) is 11.3 Å². The Morgan fingerprint density at radius 2 is 2.18 bits per heavy atom. The fraction of sp³-hybridized carbons (Fsp3) is 0.615. The lowest BCUT2D eigenvalue weighted by molar-refractivity contribution is 0.0818. The third kappa shape index (κ3) is 3.17. The topological polar surface area (TPSA) is 37.4 Å². The molecule has 17 heavy (non-hydrogen) atoms. The van der Waals surface area contributed by atoms with Crippen LogP contribution in [0.4, 0.5) is 5.82 Å². The average molecular weight is 235 g/mol. The molecule has 1 aromatic rings. The summed E-state index contributed by atoms with van der Waals surface area (Å²) in [6.45, 7) is 2.95. The molecule has 94 valence electrons. The number of ether oxygens (including phenoxy) is 1. The maximum absolute atomic E-state index is 5.37. The Hall–Kier alpha value is -1.13. The van der Waals surface area contributed by atoms with E-state index in [4.69, 9.17) is 4.74 Å². The highest BCUT2D eigenvalue weighted by molar-refractivity contribution is 5.39. The molecule has 1 aromatic heterocycles. The van der Waals surface area contributed by atoms with Gasteiger partial charge in [-0.15, -0.1) is 0 Å². The predicted molar refractivity (Wildman–Crippen MR) is 69.2 cm³/mol. The lowest BCUT2D eigenvalue weighted by Gasteiger charge is -2.32. The van der Waals surface area contributed by atoms with Crippen LogP contribution in [0.2, 0.25) is 0 Å². The normalized spacial score (nSPS) is 17.4. The van der Waals surface area contributed by atoms with Crippen LogP contribution in [0.5, 0.6) is 0 Å². The monoisotopic (exact) mass is 235 g/mol. The fourth-order valence-corrected chi connectivity index (χ4v) is 2.23. The molecule has 0 aliphatic carbocycles. The Balaban J connectivity index is 1.94. The Kier molecular flexibility index (Phi) is 4.34. The van der Waals surface area contributed by atoms with Crippen LogP contribution in [0.25, 0.3) is 0 Å². The molecule has 1 aliphatic heterocycles. The number of hydrogen-bond acceptors (Lipinski definition) is 4. The van der Waals surface area contributed by atoms with E-state index in [0.717, 1.165) is 38.3 Å². The van der Waals surface area contributed by atoms with E-state index in [1.54, 1.807) is 7.11 Å². The van der Waals surface area contributed by atoms with Crippen LogP contribution < -0.4 is 10.2 Å². The summed E-state index contributed by atoms with van der Waals surface area (Å²) >= 11 is 0. The van der Waals surface area contributed by atoms with Gasteiger partial charge in [0.1, 0.15) is 5.82 Å². The van der Waals surface area contributed by atoms with Gasteiger partial charge in [-0.3, -0.25) is 0 Å². The SMILES string of the molecule is CNCc1ccc(N2CCC(OC)CC2)nc1. The first kappa shape index (κ1) is 12.3. The van der Waals surface area contributed by atoms with Crippen molar-refractivity contribution in [3.63, 3.8) is 0 Å². The van der Waals surface area contributed by atoms with E-state index in [-0.39, 0.29) is 0 Å². The minimum absolute atomic E-state index is 0.426. The van der Waals surface area contributed by atoms with E-state index in [9.17, 15) is 0 Å². The van der Waals surface area contributed by atoms with Gasteiger partial charge >= 0.3 is 0 Å². The highest BCUT2D eigenvalue weighted by Gasteiger charge is 2.19. The van der Waals surface area contributed by atoms with Gasteiger partial charge in [0.15, 0.2) is 0 Å². The van der Waals surface area contributed by atoms with E-state index in [0.29, 0.717) is 6.10 Å². The summed E-state index contributed by atoms with van der Waals surface area (Å²) in [6, 6.07) is 4.25. The molecule has 2 heterocycles. The number of rotatable bonds is 4. The first-order valence-electron chi connectivity index (χ1n) is 6.20. The van der Waals surface area contributed by atoms with Crippen molar-refractivity contribution in [2.75, 3.05) is 32.1 Å². The van der Waals surface area contributed by atoms with Crippen molar-refractivity contribution < 1.29 is 4.74 Å². The molecule has 0 saturated carbocycles. The highest BCUT2D eigenvalue weighted by atomic mass is 16.5. The number of nitrogens with zero attached hydrogens (tertiary/aromatic N) is 2. The molecule has 0 amide bonds. The quantitative estimate of drug-likeness (QED) is 0.856. The first-order chi connectivity index (χ1) is 8.33. The maximum Gasteiger partial charge on any atom is 0.128 e. The largest absolute Gasteiger partial charge is 0.381 e. The molecule has 4 nitrogen and oxygen atoms in total. The highest BCUT2D eigenvalue weighted by Crippen LogP contribution is 2.19. The molecule has 0 bridgehead atoms. The third-order valence-corrected chi connectivity index (χ3v) is 3.29. The Morgan fingerprint density at radius 3 is 2.71 bits per heavy atom. The van der Waals surface area contributed by atoms with Crippen molar-refractivity contribution in [3.05, 3.63) is 23.9 Å². The van der Waals surface area contributed by atoms with E-state index in [1.165, 1.54) is 5.56 Å². The second-order valence-electron chi connectivity index (χ2n) is 4.48. The molecular formula is C13H21N3O. The van der Waals surface area contributed by atoms with E-state index in [2.05, 4.69) is 27.3 Å². The molecular weight excluding hydrogens is 214 g/mol. The van der Waals surface area contributed by atoms with Gasteiger partial charge in [0.2, 0.25) is 0 Å². The van der Waals surface area contributed by atoms with Gasteiger partial charge in [0, 0.05) is 32.9 Å². The number of anilines is 1. The summed E-state index contributed by atoms with van der Waals surface area (Å²) in [6.07, 6.45) is 4.57. The predicted octanol–water partition coefficient (Wildman–Crippen LogP) is 1.42. The lowest BCUT2D eigenvalue weighted by atomic mass is 10.1. The third-order valence-electron chi connectivity index (χ3n) is 3.29. The summed E-state index contributed by atoms with van der Waals surface area (Å²) in [5, 5.41) is 3.13. The summed E-state index contributed by atoms with van der Waals surface area (Å²) in [5.74, 6) is 1.08. The molecule has 0 aromatic carbocycles. The zero-order valence-corrected chi connectivity index (χ0v) is 10.6. The fourth-order valence-electron chi connectivity index (χ4n) is 2.23. The Labute approximate surface area is 103 Å². The molecule has 2 rings (SSSR count). The van der Waals surface area contributed by atoms with Crippen molar-refractivity contribution in [1.82, 2.24) is 10.3 Å². The van der Waals surface area contributed by atoms with Gasteiger partial charge in [0.25, 0.3) is 0 Å². The molecule has 4 heteroatoms. The van der Waals surface area contributed by atoms with Crippen molar-refractivity contribution in [2.24, 2.45) is 0 Å². The standard InChI is InChI=1S/C13H21N3O/c1-14-9-11-3-4-13(15-10-11)16-7-5-12(17-2)6-8-16/h3-4,10,12,14H,5-9H2,1-2H3. The average Bonchev–Trinajstić information content (AvgIpc) is 2.40. The summed E-state index contributed by atoms with van der Waals surface area (Å²) in [4.78, 5) is 6.85. The summed E-state index contributed by atoms with van der Waals surface area (Å²) in [7, 11) is 3.74. The van der Waals surface area contributed by atoms with Crippen LogP contribution in [0.15, 0.2) is 18.3 Å². The van der Waals surface area contributed by atoms with Gasteiger partial charge in [-0.1, -0.05) is 6.07 Å². The van der Waals surface area contributed by atoms with Crippen LogP contribution in [0.1, 0.15) is 18.4 Å². The summed E-state index contributed by atoms with van der Waals surface area (Å²) in [5.41, 5.74) is 1.23. The van der Waals surface area contributed by atoms with E-state index >= 15 is 0 Å². The van der Waals surface area contributed by atoms with Gasteiger partial charge in [-0.2, -0.15) is 0 Å². The number of hydrogen-bond donors (Lipinski definition) is 1. The minimum Gasteiger partial charge on any atom is -0.381 e. The summed E-state index contributed by atoms with van der Waals surface area (Å²) < 4.78 is 5.37. The molecule has 1 fully saturated rings. The number of aromatic nitrogens is 1.